The van der Waals surface area contributed by atoms with E-state index in [0.717, 1.165) is 0 Å². The van der Waals surface area contributed by atoms with E-state index >= 15 is 0 Å². The molecular formula is C16H13ClN2O3. The van der Waals surface area contributed by atoms with Crippen molar-refractivity contribution in [1.82, 2.24) is 9.78 Å². The van der Waals surface area contributed by atoms with Crippen LogP contribution in [0.3, 0.4) is 0 Å². The minimum Gasteiger partial charge on any atom is -0.507 e. The van der Waals surface area contributed by atoms with Crippen LogP contribution in [-0.2, 0) is 0 Å². The molecule has 112 valence electrons. The fraction of sp³-hybridized carbons (Fsp3) is 0.0625. The van der Waals surface area contributed by atoms with Crippen LogP contribution in [0.1, 0.15) is 0 Å². The molecule has 0 aliphatic rings. The van der Waals surface area contributed by atoms with Crippen LogP contribution in [0.2, 0.25) is 5.02 Å². The molecule has 22 heavy (non-hydrogen) atoms. The van der Waals surface area contributed by atoms with Crippen molar-refractivity contribution in [3.05, 3.63) is 63.9 Å². The van der Waals surface area contributed by atoms with Gasteiger partial charge in [-0.15, -0.1) is 0 Å². The fourth-order valence-electron chi connectivity index (χ4n) is 2.27. The smallest absolute Gasteiger partial charge is 0.271 e. The van der Waals surface area contributed by atoms with E-state index in [0.29, 0.717) is 27.7 Å². The number of methoxy groups -OCH3 is 1. The van der Waals surface area contributed by atoms with Gasteiger partial charge in [-0.3, -0.25) is 9.89 Å². The van der Waals surface area contributed by atoms with Gasteiger partial charge in [-0.05, 0) is 36.4 Å². The van der Waals surface area contributed by atoms with E-state index in [2.05, 4.69) is 5.10 Å². The average molecular weight is 317 g/mol. The summed E-state index contributed by atoms with van der Waals surface area (Å²) < 4.78 is 6.61. The van der Waals surface area contributed by atoms with Crippen LogP contribution in [0.25, 0.3) is 16.9 Å². The van der Waals surface area contributed by atoms with Crippen molar-refractivity contribution < 1.29 is 9.84 Å². The Morgan fingerprint density at radius 1 is 1.18 bits per heavy atom. The SMILES string of the molecule is COc1cccc(O)c1-c1cc(=O)n(-c2ccc(Cl)cc2)[nH]1. The van der Waals surface area contributed by atoms with Crippen LogP contribution >= 0.6 is 11.6 Å². The third-order valence-electron chi connectivity index (χ3n) is 3.30. The Bertz CT molecular complexity index is 866. The number of phenolic OH excluding ortho intramolecular Hbond substituents is 1. The predicted molar refractivity (Wildman–Crippen MR) is 85.1 cm³/mol. The van der Waals surface area contributed by atoms with Crippen LogP contribution in [-0.4, -0.2) is 22.0 Å². The maximum absolute atomic E-state index is 12.2. The van der Waals surface area contributed by atoms with Crippen molar-refractivity contribution in [2.24, 2.45) is 0 Å². The first-order valence-corrected chi connectivity index (χ1v) is 6.92. The lowest BCUT2D eigenvalue weighted by Crippen LogP contribution is -2.13. The Morgan fingerprint density at radius 3 is 2.59 bits per heavy atom. The summed E-state index contributed by atoms with van der Waals surface area (Å²) in [6.07, 6.45) is 0. The number of ether oxygens (including phenoxy) is 1. The number of halogens is 1. The topological polar surface area (TPSA) is 67.2 Å². The van der Waals surface area contributed by atoms with Gasteiger partial charge in [0.25, 0.3) is 5.56 Å². The molecule has 1 heterocycles. The molecule has 0 atom stereocenters. The maximum atomic E-state index is 12.2. The predicted octanol–water partition coefficient (Wildman–Crippen LogP) is 3.20. The minimum absolute atomic E-state index is 0.0313. The quantitative estimate of drug-likeness (QED) is 0.779. The summed E-state index contributed by atoms with van der Waals surface area (Å²) in [5, 5.41) is 13.6. The molecule has 0 unspecified atom stereocenters. The van der Waals surface area contributed by atoms with Crippen molar-refractivity contribution in [2.75, 3.05) is 7.11 Å². The van der Waals surface area contributed by atoms with E-state index in [-0.39, 0.29) is 11.3 Å². The summed E-state index contributed by atoms with van der Waals surface area (Å²) in [5.74, 6) is 0.508. The Labute approximate surface area is 131 Å². The third-order valence-corrected chi connectivity index (χ3v) is 3.55. The summed E-state index contributed by atoms with van der Waals surface area (Å²) >= 11 is 5.85. The highest BCUT2D eigenvalue weighted by Gasteiger charge is 2.15. The van der Waals surface area contributed by atoms with Crippen molar-refractivity contribution in [1.29, 1.82) is 0 Å². The van der Waals surface area contributed by atoms with E-state index in [1.807, 2.05) is 0 Å². The molecule has 0 radical (unpaired) electrons. The number of nitrogens with zero attached hydrogens (tertiary/aromatic N) is 1. The molecule has 2 N–H and O–H groups in total. The number of H-pyrrole nitrogens is 1. The first-order chi connectivity index (χ1) is 10.6. The molecule has 0 aliphatic heterocycles. The average Bonchev–Trinajstić information content (AvgIpc) is 2.89. The van der Waals surface area contributed by atoms with Gasteiger partial charge in [0.15, 0.2) is 0 Å². The largest absolute Gasteiger partial charge is 0.507 e. The second-order valence-electron chi connectivity index (χ2n) is 4.67. The number of nitrogens with one attached hydrogen (secondary N) is 1. The van der Waals surface area contributed by atoms with E-state index in [1.54, 1.807) is 36.4 Å². The standard InChI is InChI=1S/C16H13ClN2O3/c1-22-14-4-2-3-13(20)16(14)12-9-15(21)19(18-12)11-7-5-10(17)6-8-11/h2-9,18,20H,1H3. The molecule has 0 aliphatic carbocycles. The Kier molecular flexibility index (Phi) is 3.65. The molecule has 2 aromatic carbocycles. The van der Waals surface area contributed by atoms with Gasteiger partial charge in [-0.2, -0.15) is 0 Å². The summed E-state index contributed by atoms with van der Waals surface area (Å²) in [6.45, 7) is 0. The van der Waals surface area contributed by atoms with Gasteiger partial charge in [0.05, 0.1) is 24.1 Å². The van der Waals surface area contributed by atoms with Gasteiger partial charge in [0.2, 0.25) is 0 Å². The van der Waals surface area contributed by atoms with Gasteiger partial charge >= 0.3 is 0 Å². The molecule has 0 saturated carbocycles. The Morgan fingerprint density at radius 2 is 1.91 bits per heavy atom. The van der Waals surface area contributed by atoms with Gasteiger partial charge < -0.3 is 9.84 Å². The molecule has 0 fully saturated rings. The molecule has 3 rings (SSSR count). The van der Waals surface area contributed by atoms with E-state index in [1.165, 1.54) is 23.9 Å². The Balaban J connectivity index is 2.14. The van der Waals surface area contributed by atoms with Crippen LogP contribution in [0.4, 0.5) is 0 Å². The zero-order chi connectivity index (χ0) is 15.7. The maximum Gasteiger partial charge on any atom is 0.271 e. The first kappa shape index (κ1) is 14.3. The van der Waals surface area contributed by atoms with Crippen LogP contribution in [0.15, 0.2) is 53.3 Å². The number of aromatic amines is 1. The molecule has 0 bridgehead atoms. The lowest BCUT2D eigenvalue weighted by molar-refractivity contribution is 0.410. The van der Waals surface area contributed by atoms with Crippen molar-refractivity contribution in [2.45, 2.75) is 0 Å². The van der Waals surface area contributed by atoms with Gasteiger partial charge in [0, 0.05) is 11.1 Å². The van der Waals surface area contributed by atoms with Crippen molar-refractivity contribution in [3.63, 3.8) is 0 Å². The highest BCUT2D eigenvalue weighted by Crippen LogP contribution is 2.36. The molecule has 0 spiro atoms. The summed E-state index contributed by atoms with van der Waals surface area (Å²) in [5.41, 5.74) is 1.31. The molecule has 5 nitrogen and oxygen atoms in total. The van der Waals surface area contributed by atoms with Crippen LogP contribution < -0.4 is 10.3 Å². The lowest BCUT2D eigenvalue weighted by Gasteiger charge is -2.08. The van der Waals surface area contributed by atoms with Crippen molar-refractivity contribution in [3.8, 4) is 28.4 Å². The second-order valence-corrected chi connectivity index (χ2v) is 5.11. The highest BCUT2D eigenvalue weighted by molar-refractivity contribution is 6.30. The van der Waals surface area contributed by atoms with Crippen molar-refractivity contribution >= 4 is 11.6 Å². The molecular weight excluding hydrogens is 304 g/mol. The van der Waals surface area contributed by atoms with Gasteiger partial charge in [-0.25, -0.2) is 4.68 Å². The lowest BCUT2D eigenvalue weighted by atomic mass is 10.1. The van der Waals surface area contributed by atoms with E-state index in [9.17, 15) is 9.90 Å². The number of aromatic hydroxyl groups is 1. The summed E-state index contributed by atoms with van der Waals surface area (Å²) in [6, 6.07) is 13.2. The number of hydrogen-bond donors (Lipinski definition) is 2. The Hall–Kier alpha value is -2.66. The zero-order valence-electron chi connectivity index (χ0n) is 11.7. The number of aromatic nitrogens is 2. The fourth-order valence-corrected chi connectivity index (χ4v) is 2.39. The summed E-state index contributed by atoms with van der Waals surface area (Å²) in [7, 11) is 1.51. The number of rotatable bonds is 3. The molecule has 6 heteroatoms. The number of benzene rings is 2. The molecule has 0 amide bonds. The minimum atomic E-state index is -0.248. The molecule has 1 aromatic heterocycles. The van der Waals surface area contributed by atoms with Gasteiger partial charge in [-0.1, -0.05) is 17.7 Å². The molecule has 0 saturated heterocycles. The zero-order valence-corrected chi connectivity index (χ0v) is 12.5. The number of phenols is 1. The normalized spacial score (nSPS) is 10.6. The molecule has 3 aromatic rings. The van der Waals surface area contributed by atoms with Gasteiger partial charge in [0.1, 0.15) is 11.5 Å². The van der Waals surface area contributed by atoms with Crippen LogP contribution in [0.5, 0.6) is 11.5 Å². The second kappa shape index (κ2) is 5.61. The summed E-state index contributed by atoms with van der Waals surface area (Å²) in [4.78, 5) is 12.2. The first-order valence-electron chi connectivity index (χ1n) is 6.54. The monoisotopic (exact) mass is 316 g/mol. The number of hydrogen-bond acceptors (Lipinski definition) is 3. The van der Waals surface area contributed by atoms with Crippen LogP contribution in [0, 0.1) is 0 Å². The highest BCUT2D eigenvalue weighted by atomic mass is 35.5. The van der Waals surface area contributed by atoms with E-state index in [4.69, 9.17) is 16.3 Å². The van der Waals surface area contributed by atoms with E-state index < -0.39 is 0 Å². The third kappa shape index (κ3) is 2.46.